The smallest absolute Gasteiger partial charge is 0.123 e. The van der Waals surface area contributed by atoms with Gasteiger partial charge in [-0.1, -0.05) is 43.9 Å². The Morgan fingerprint density at radius 2 is 2.00 bits per heavy atom. The van der Waals surface area contributed by atoms with Crippen LogP contribution in [0, 0.1) is 6.92 Å². The van der Waals surface area contributed by atoms with E-state index in [1.807, 2.05) is 6.07 Å². The number of rotatable bonds is 7. The molecule has 0 atom stereocenters. The van der Waals surface area contributed by atoms with Gasteiger partial charge in [-0.25, -0.2) is 0 Å². The maximum Gasteiger partial charge on any atom is 0.123 e. The number of aryl methyl sites for hydroxylation is 1. The topological polar surface area (TPSA) is 41.5 Å². The van der Waals surface area contributed by atoms with Gasteiger partial charge in [0.1, 0.15) is 12.4 Å². The average Bonchev–Trinajstić information content (AvgIpc) is 2.47. The van der Waals surface area contributed by atoms with Gasteiger partial charge >= 0.3 is 0 Å². The zero-order chi connectivity index (χ0) is 15.1. The molecule has 2 N–H and O–H groups in total. The lowest BCUT2D eigenvalue weighted by Gasteiger charge is -2.32. The second-order valence-electron chi connectivity index (χ2n) is 6.36. The monoisotopic (exact) mass is 291 g/mol. The Morgan fingerprint density at radius 1 is 1.24 bits per heavy atom. The molecule has 0 unspecified atom stereocenters. The number of benzene rings is 1. The highest BCUT2D eigenvalue weighted by Gasteiger charge is 2.30. The summed E-state index contributed by atoms with van der Waals surface area (Å²) >= 11 is 0. The van der Waals surface area contributed by atoms with Gasteiger partial charge in [-0.3, -0.25) is 0 Å². The lowest BCUT2D eigenvalue weighted by atomic mass is 9.85. The molecule has 3 heteroatoms. The fraction of sp³-hybridized carbons (Fsp3) is 0.667. The van der Waals surface area contributed by atoms with Crippen LogP contribution >= 0.6 is 0 Å². The molecule has 1 saturated carbocycles. The van der Waals surface area contributed by atoms with Crippen molar-refractivity contribution in [1.29, 1.82) is 0 Å². The van der Waals surface area contributed by atoms with E-state index < -0.39 is 5.60 Å². The van der Waals surface area contributed by atoms with Crippen LogP contribution in [0.5, 0.6) is 5.75 Å². The summed E-state index contributed by atoms with van der Waals surface area (Å²) in [7, 11) is 0. The van der Waals surface area contributed by atoms with Crippen molar-refractivity contribution < 1.29 is 9.84 Å². The summed E-state index contributed by atoms with van der Waals surface area (Å²) in [5.74, 6) is 0.906. The highest BCUT2D eigenvalue weighted by atomic mass is 16.5. The molecule has 1 aliphatic carbocycles. The molecule has 0 heterocycles. The van der Waals surface area contributed by atoms with Crippen LogP contribution in [-0.2, 0) is 6.54 Å². The number of hydrogen-bond donors (Lipinski definition) is 2. The third-order valence-corrected chi connectivity index (χ3v) is 4.24. The van der Waals surface area contributed by atoms with Crippen LogP contribution < -0.4 is 10.1 Å². The number of aliphatic hydroxyl groups is 1. The van der Waals surface area contributed by atoms with Crippen LogP contribution in [0.1, 0.15) is 56.6 Å². The molecule has 0 saturated heterocycles. The Balaban J connectivity index is 1.97. The zero-order valence-electron chi connectivity index (χ0n) is 13.5. The van der Waals surface area contributed by atoms with Gasteiger partial charge in [-0.05, 0) is 38.8 Å². The molecular weight excluding hydrogens is 262 g/mol. The maximum atomic E-state index is 10.6. The van der Waals surface area contributed by atoms with Gasteiger partial charge in [0.2, 0.25) is 0 Å². The van der Waals surface area contributed by atoms with Crippen molar-refractivity contribution in [2.45, 2.75) is 64.5 Å². The molecule has 0 bridgehead atoms. The van der Waals surface area contributed by atoms with Crippen molar-refractivity contribution in [3.8, 4) is 5.75 Å². The Kier molecular flexibility index (Phi) is 6.07. The second-order valence-corrected chi connectivity index (χ2v) is 6.36. The zero-order valence-corrected chi connectivity index (χ0v) is 13.5. The average molecular weight is 291 g/mol. The van der Waals surface area contributed by atoms with E-state index in [1.54, 1.807) is 0 Å². The van der Waals surface area contributed by atoms with E-state index >= 15 is 0 Å². The highest BCUT2D eigenvalue weighted by molar-refractivity contribution is 5.37. The third-order valence-electron chi connectivity index (χ3n) is 4.24. The molecule has 3 nitrogen and oxygen atoms in total. The second kappa shape index (κ2) is 7.81. The Hall–Kier alpha value is -1.06. The molecule has 118 valence electrons. The van der Waals surface area contributed by atoms with Crippen molar-refractivity contribution in [1.82, 2.24) is 5.32 Å². The summed E-state index contributed by atoms with van der Waals surface area (Å²) in [4.78, 5) is 0. The lowest BCUT2D eigenvalue weighted by molar-refractivity contribution is -0.0341. The molecule has 0 radical (unpaired) electrons. The van der Waals surface area contributed by atoms with E-state index in [0.717, 1.165) is 50.9 Å². The summed E-state index contributed by atoms with van der Waals surface area (Å²) in [6, 6.07) is 6.27. The van der Waals surface area contributed by atoms with Crippen molar-refractivity contribution in [3.05, 3.63) is 29.3 Å². The molecule has 21 heavy (non-hydrogen) atoms. The Morgan fingerprint density at radius 3 is 2.71 bits per heavy atom. The van der Waals surface area contributed by atoms with Crippen LogP contribution in [0.25, 0.3) is 0 Å². The van der Waals surface area contributed by atoms with Crippen LogP contribution in [0.3, 0.4) is 0 Å². The fourth-order valence-corrected chi connectivity index (χ4v) is 2.95. The predicted octanol–water partition coefficient (Wildman–Crippen LogP) is 3.57. The normalized spacial score (nSPS) is 17.7. The van der Waals surface area contributed by atoms with Gasteiger partial charge in [-0.15, -0.1) is 0 Å². The van der Waals surface area contributed by atoms with Gasteiger partial charge in [0.15, 0.2) is 0 Å². The lowest BCUT2D eigenvalue weighted by Crippen LogP contribution is -2.38. The molecule has 1 aliphatic rings. The molecule has 1 aromatic carbocycles. The molecule has 0 amide bonds. The molecule has 0 aliphatic heterocycles. The summed E-state index contributed by atoms with van der Waals surface area (Å²) in [6.45, 7) is 6.51. The number of ether oxygens (including phenoxy) is 1. The van der Waals surface area contributed by atoms with Gasteiger partial charge in [-0.2, -0.15) is 0 Å². The quantitative estimate of drug-likeness (QED) is 0.755. The van der Waals surface area contributed by atoms with E-state index in [9.17, 15) is 5.11 Å². The first-order valence-electron chi connectivity index (χ1n) is 8.28. The van der Waals surface area contributed by atoms with Gasteiger partial charge < -0.3 is 15.2 Å². The van der Waals surface area contributed by atoms with Crippen LogP contribution in [0.4, 0.5) is 0 Å². The molecule has 1 aromatic rings. The van der Waals surface area contributed by atoms with E-state index in [1.165, 1.54) is 17.5 Å². The number of nitrogens with one attached hydrogen (secondary N) is 1. The Labute approximate surface area is 128 Å². The van der Waals surface area contributed by atoms with Crippen LogP contribution in [-0.4, -0.2) is 23.9 Å². The molecular formula is C18H29NO2. The predicted molar refractivity (Wildman–Crippen MR) is 86.7 cm³/mol. The largest absolute Gasteiger partial charge is 0.490 e. The standard InChI is InChI=1S/C18H29NO2/c1-3-11-19-13-16-12-15(2)7-8-17(16)21-14-18(20)9-5-4-6-10-18/h7-8,12,19-20H,3-6,9-11,13-14H2,1-2H3. The van der Waals surface area contributed by atoms with Crippen molar-refractivity contribution in [2.24, 2.45) is 0 Å². The first-order chi connectivity index (χ1) is 10.1. The highest BCUT2D eigenvalue weighted by Crippen LogP contribution is 2.29. The summed E-state index contributed by atoms with van der Waals surface area (Å²) in [5, 5.41) is 14.0. The van der Waals surface area contributed by atoms with Gasteiger partial charge in [0, 0.05) is 12.1 Å². The van der Waals surface area contributed by atoms with E-state index in [2.05, 4.69) is 31.3 Å². The minimum atomic E-state index is -0.628. The van der Waals surface area contributed by atoms with Crippen molar-refractivity contribution in [3.63, 3.8) is 0 Å². The fourth-order valence-electron chi connectivity index (χ4n) is 2.95. The first kappa shape index (κ1) is 16.3. The van der Waals surface area contributed by atoms with Gasteiger partial charge in [0.25, 0.3) is 0 Å². The number of hydrogen-bond acceptors (Lipinski definition) is 3. The van der Waals surface area contributed by atoms with Crippen molar-refractivity contribution in [2.75, 3.05) is 13.2 Å². The summed E-state index contributed by atoms with van der Waals surface area (Å²) in [6.07, 6.45) is 6.31. The minimum Gasteiger partial charge on any atom is -0.490 e. The molecule has 0 aromatic heterocycles. The minimum absolute atomic E-state index is 0.414. The van der Waals surface area contributed by atoms with E-state index in [-0.39, 0.29) is 0 Å². The summed E-state index contributed by atoms with van der Waals surface area (Å²) in [5.41, 5.74) is 1.80. The van der Waals surface area contributed by atoms with Gasteiger partial charge in [0.05, 0.1) is 5.60 Å². The third kappa shape index (κ3) is 5.01. The SMILES string of the molecule is CCCNCc1cc(C)ccc1OCC1(O)CCCCC1. The van der Waals surface area contributed by atoms with Crippen molar-refractivity contribution >= 4 is 0 Å². The van der Waals surface area contributed by atoms with Crippen LogP contribution in [0.15, 0.2) is 18.2 Å². The molecule has 1 fully saturated rings. The molecule has 0 spiro atoms. The van der Waals surface area contributed by atoms with E-state index in [4.69, 9.17) is 4.74 Å². The Bertz CT molecular complexity index is 439. The maximum absolute atomic E-state index is 10.6. The first-order valence-corrected chi connectivity index (χ1v) is 8.28. The van der Waals surface area contributed by atoms with Crippen LogP contribution in [0.2, 0.25) is 0 Å². The summed E-state index contributed by atoms with van der Waals surface area (Å²) < 4.78 is 5.98. The molecule has 2 rings (SSSR count). The van der Waals surface area contributed by atoms with E-state index in [0.29, 0.717) is 6.61 Å².